The molecular weight excluding hydrogens is 617 g/mol. The summed E-state index contributed by atoms with van der Waals surface area (Å²) in [5.41, 5.74) is 2.23. The van der Waals surface area contributed by atoms with E-state index in [1.165, 1.54) is 12.1 Å². The number of aliphatic hydroxyl groups is 3. The van der Waals surface area contributed by atoms with Crippen molar-refractivity contribution in [3.8, 4) is 11.5 Å². The van der Waals surface area contributed by atoms with E-state index in [2.05, 4.69) is 15.4 Å². The lowest BCUT2D eigenvalue weighted by Crippen LogP contribution is -2.57. The lowest BCUT2D eigenvalue weighted by Gasteiger charge is -2.46. The Bertz CT molecular complexity index is 1730. The van der Waals surface area contributed by atoms with Crippen LogP contribution in [-0.4, -0.2) is 70.0 Å². The quantitative estimate of drug-likeness (QED) is 0.228. The van der Waals surface area contributed by atoms with E-state index in [1.54, 1.807) is 25.1 Å². The third-order valence-electron chi connectivity index (χ3n) is 8.38. The molecule has 16 heteroatoms. The van der Waals surface area contributed by atoms with E-state index in [0.29, 0.717) is 11.3 Å². The maximum atomic E-state index is 14.0. The molecule has 2 aromatic carbocycles. The monoisotopic (exact) mass is 646 g/mol. The zero-order chi connectivity index (χ0) is 33.9. The fraction of sp³-hybridized carbons (Fsp3) is 0.333. The molecule has 3 aliphatic carbocycles. The van der Waals surface area contributed by atoms with Crippen LogP contribution in [0.2, 0.25) is 0 Å². The van der Waals surface area contributed by atoms with Crippen LogP contribution in [-0.2, 0) is 22.6 Å². The van der Waals surface area contributed by atoms with E-state index >= 15 is 0 Å². The van der Waals surface area contributed by atoms with Gasteiger partial charge in [-0.3, -0.25) is 14.4 Å². The molecule has 0 heterocycles. The SMILES string of the molecule is CN(C)c1cc(CNC(=O)Nc2ccc(OC(F)(F)F)cc2)c(O)c2c1CC1CC3CC(O)=C(C(N)=O)C(=O)[C@@]3(O)C(O)=C1C2=O. The number of nitrogens with one attached hydrogen (secondary N) is 2. The minimum Gasteiger partial charge on any atom is -0.511 e. The summed E-state index contributed by atoms with van der Waals surface area (Å²) in [6.45, 7) is -0.320. The average molecular weight is 647 g/mol. The summed E-state index contributed by atoms with van der Waals surface area (Å²) in [4.78, 5) is 53.2. The second-order valence-corrected chi connectivity index (χ2v) is 11.4. The molecule has 3 aliphatic rings. The van der Waals surface area contributed by atoms with E-state index in [9.17, 15) is 52.8 Å². The summed E-state index contributed by atoms with van der Waals surface area (Å²) in [6, 6.07) is 5.13. The average Bonchev–Trinajstić information content (AvgIpc) is 2.94. The van der Waals surface area contributed by atoms with Crippen LogP contribution in [0.1, 0.15) is 34.3 Å². The molecule has 46 heavy (non-hydrogen) atoms. The number of hydrogen-bond donors (Lipinski definition) is 7. The number of nitrogens with zero attached hydrogens (tertiary/aromatic N) is 1. The predicted molar refractivity (Wildman–Crippen MR) is 154 cm³/mol. The molecule has 0 aliphatic heterocycles. The maximum Gasteiger partial charge on any atom is 0.573 e. The van der Waals surface area contributed by atoms with Crippen molar-refractivity contribution < 1.29 is 57.5 Å². The molecule has 0 bridgehead atoms. The summed E-state index contributed by atoms with van der Waals surface area (Å²) in [6.07, 6.45) is -5.16. The molecule has 8 N–H and O–H groups in total. The Labute approximate surface area is 258 Å². The normalized spacial score (nSPS) is 22.5. The third-order valence-corrected chi connectivity index (χ3v) is 8.38. The second kappa shape index (κ2) is 11.3. The van der Waals surface area contributed by atoms with Gasteiger partial charge in [-0.1, -0.05) is 0 Å². The molecule has 13 nitrogen and oxygen atoms in total. The number of anilines is 2. The van der Waals surface area contributed by atoms with Crippen LogP contribution in [0.4, 0.5) is 29.3 Å². The van der Waals surface area contributed by atoms with Crippen molar-refractivity contribution in [3.05, 3.63) is 69.7 Å². The Balaban J connectivity index is 1.44. The van der Waals surface area contributed by atoms with Crippen molar-refractivity contribution in [2.75, 3.05) is 24.3 Å². The molecule has 3 atom stereocenters. The molecule has 2 unspecified atom stereocenters. The summed E-state index contributed by atoms with van der Waals surface area (Å²) in [7, 11) is 3.37. The number of rotatable bonds is 6. The standard InChI is InChI=1S/C30H29F3N4O9/c1-37(2)18-9-13(11-35-28(44)36-15-3-5-16(6-4-15)46-30(31,32)33)23(39)21-17(18)8-12-7-14-10-19(38)22(27(34)43)26(42)29(14,45)25(41)20(12)24(21)40/h3-6,9,12,14,38-39,41,45H,7-8,10-11H2,1-2H3,(H2,34,43)(H2,35,36,44)/t12?,14?,29-/m0/s1. The number of urea groups is 1. The van der Waals surface area contributed by atoms with E-state index in [0.717, 1.165) is 12.1 Å². The topological polar surface area (TPSA) is 212 Å². The Morgan fingerprint density at radius 2 is 1.76 bits per heavy atom. The number of amides is 3. The fourth-order valence-electron chi connectivity index (χ4n) is 6.35. The van der Waals surface area contributed by atoms with Crippen molar-refractivity contribution >= 4 is 34.9 Å². The number of nitrogens with two attached hydrogens (primary N) is 1. The van der Waals surface area contributed by atoms with Gasteiger partial charge in [-0.05, 0) is 54.7 Å². The molecule has 0 fully saturated rings. The van der Waals surface area contributed by atoms with Crippen LogP contribution in [0, 0.1) is 11.8 Å². The van der Waals surface area contributed by atoms with Crippen LogP contribution in [0.5, 0.6) is 11.5 Å². The van der Waals surface area contributed by atoms with Crippen molar-refractivity contribution in [2.24, 2.45) is 17.6 Å². The fourth-order valence-corrected chi connectivity index (χ4v) is 6.35. The molecule has 0 saturated carbocycles. The number of fused-ring (bicyclic) bond motifs is 3. The zero-order valence-corrected chi connectivity index (χ0v) is 24.4. The Hall–Kier alpha value is -5.25. The number of primary amides is 1. The molecule has 0 aromatic heterocycles. The second-order valence-electron chi connectivity index (χ2n) is 11.4. The molecule has 3 amide bonds. The van der Waals surface area contributed by atoms with Gasteiger partial charge in [0.1, 0.15) is 28.6 Å². The number of Topliss-reactive ketones (excluding diaryl/α,β-unsaturated/α-hetero) is 2. The van der Waals surface area contributed by atoms with Crippen molar-refractivity contribution in [2.45, 2.75) is 37.8 Å². The number of ketones is 2. The van der Waals surface area contributed by atoms with Crippen molar-refractivity contribution in [1.29, 1.82) is 0 Å². The lowest BCUT2D eigenvalue weighted by atomic mass is 9.60. The number of halogens is 3. The number of hydrogen-bond acceptors (Lipinski definition) is 10. The molecule has 0 spiro atoms. The highest BCUT2D eigenvalue weighted by molar-refractivity contribution is 6.24. The largest absolute Gasteiger partial charge is 0.573 e. The van der Waals surface area contributed by atoms with Crippen LogP contribution < -0.4 is 26.0 Å². The van der Waals surface area contributed by atoms with Gasteiger partial charge in [-0.15, -0.1) is 13.2 Å². The number of aliphatic hydroxyl groups excluding tert-OH is 2. The van der Waals surface area contributed by atoms with Gasteiger partial charge in [0, 0.05) is 55.5 Å². The van der Waals surface area contributed by atoms with Gasteiger partial charge in [-0.25, -0.2) is 4.79 Å². The highest BCUT2D eigenvalue weighted by Crippen LogP contribution is 2.52. The summed E-state index contributed by atoms with van der Waals surface area (Å²) in [5, 5.41) is 49.2. The summed E-state index contributed by atoms with van der Waals surface area (Å²) >= 11 is 0. The molecule has 244 valence electrons. The molecule has 2 aromatic rings. The van der Waals surface area contributed by atoms with Gasteiger partial charge < -0.3 is 46.4 Å². The van der Waals surface area contributed by atoms with E-state index in [-0.39, 0.29) is 48.2 Å². The first-order chi connectivity index (χ1) is 21.4. The Morgan fingerprint density at radius 1 is 1.11 bits per heavy atom. The van der Waals surface area contributed by atoms with Gasteiger partial charge in [0.25, 0.3) is 5.91 Å². The van der Waals surface area contributed by atoms with Crippen LogP contribution in [0.25, 0.3) is 0 Å². The van der Waals surface area contributed by atoms with Gasteiger partial charge in [-0.2, -0.15) is 0 Å². The number of allylic oxidation sites excluding steroid dienone is 2. The van der Waals surface area contributed by atoms with E-state index < -0.39 is 75.9 Å². The summed E-state index contributed by atoms with van der Waals surface area (Å²) < 4.78 is 41.0. The number of carbonyl (C=O) groups excluding carboxylic acids is 4. The van der Waals surface area contributed by atoms with Crippen molar-refractivity contribution in [3.63, 3.8) is 0 Å². The Morgan fingerprint density at radius 3 is 2.35 bits per heavy atom. The van der Waals surface area contributed by atoms with Gasteiger partial charge >= 0.3 is 12.4 Å². The number of benzene rings is 2. The number of phenolic OH excluding ortho intramolecular Hbond substituents is 1. The van der Waals surface area contributed by atoms with E-state index in [1.807, 2.05) is 0 Å². The highest BCUT2D eigenvalue weighted by atomic mass is 19.4. The minimum absolute atomic E-state index is 0.0245. The first kappa shape index (κ1) is 32.2. The minimum atomic E-state index is -4.88. The first-order valence-corrected chi connectivity index (χ1v) is 13.9. The highest BCUT2D eigenvalue weighted by Gasteiger charge is 2.59. The summed E-state index contributed by atoms with van der Waals surface area (Å²) in [5.74, 6) is -7.93. The lowest BCUT2D eigenvalue weighted by molar-refractivity contribution is -0.274. The first-order valence-electron chi connectivity index (χ1n) is 13.9. The van der Waals surface area contributed by atoms with Crippen molar-refractivity contribution in [1.82, 2.24) is 5.32 Å². The van der Waals surface area contributed by atoms with Crippen LogP contribution >= 0.6 is 0 Å². The number of carbonyl (C=O) groups is 4. The molecular formula is C30H29F3N4O9. The molecule has 0 saturated heterocycles. The Kier molecular flexibility index (Phi) is 7.88. The number of alkyl halides is 3. The third kappa shape index (κ3) is 5.44. The smallest absolute Gasteiger partial charge is 0.511 e. The number of aromatic hydroxyl groups is 1. The van der Waals surface area contributed by atoms with Gasteiger partial charge in [0.05, 0.1) is 5.56 Å². The van der Waals surface area contributed by atoms with Crippen LogP contribution in [0.15, 0.2) is 53.0 Å². The number of phenols is 1. The van der Waals surface area contributed by atoms with Crippen LogP contribution in [0.3, 0.4) is 0 Å². The molecule has 0 radical (unpaired) electrons. The maximum absolute atomic E-state index is 14.0. The van der Waals surface area contributed by atoms with E-state index in [4.69, 9.17) is 5.73 Å². The number of ether oxygens (including phenoxy) is 1. The predicted octanol–water partition coefficient (Wildman–Crippen LogP) is 2.87. The zero-order valence-electron chi connectivity index (χ0n) is 24.4. The van der Waals surface area contributed by atoms with Gasteiger partial charge in [0.15, 0.2) is 11.4 Å². The van der Waals surface area contributed by atoms with Gasteiger partial charge in [0.2, 0.25) is 5.78 Å². The molecule has 5 rings (SSSR count).